The van der Waals surface area contributed by atoms with Crippen molar-refractivity contribution >= 4 is 27.8 Å². The predicted molar refractivity (Wildman–Crippen MR) is 104 cm³/mol. The molecule has 1 aliphatic rings. The third kappa shape index (κ3) is 4.93. The Morgan fingerprint density at radius 1 is 1.13 bits per heavy atom. The number of imide groups is 1. The number of hydrogen-bond acceptors (Lipinski definition) is 7. The molecule has 1 N–H and O–H groups in total. The number of amides is 2. The van der Waals surface area contributed by atoms with E-state index in [0.29, 0.717) is 13.2 Å². The number of rotatable bonds is 6. The number of hydrogen-bond donors (Lipinski definition) is 1. The molecule has 2 heterocycles. The molecule has 10 nitrogen and oxygen atoms in total. The number of nitrogens with zero attached hydrogens (tertiary/aromatic N) is 2. The van der Waals surface area contributed by atoms with Crippen molar-refractivity contribution in [3.63, 3.8) is 0 Å². The fraction of sp³-hybridized carbons (Fsp3) is 0.316. The maximum Gasteiger partial charge on any atom is 0.338 e. The van der Waals surface area contributed by atoms with E-state index in [4.69, 9.17) is 9.47 Å². The molecule has 0 unspecified atom stereocenters. The highest BCUT2D eigenvalue weighted by atomic mass is 32.2. The molecule has 2 aromatic rings. The van der Waals surface area contributed by atoms with Crippen LogP contribution in [0.15, 0.2) is 47.5 Å². The number of esters is 1. The highest BCUT2D eigenvalue weighted by Crippen LogP contribution is 2.18. The number of nitrogens with one attached hydrogen (secondary N) is 1. The van der Waals surface area contributed by atoms with Gasteiger partial charge in [0.2, 0.25) is 10.0 Å². The standard InChI is InChI=1S/C19H21N3O7S/c1-21-7-3-6-16(21)18(24)20-17(23)13-29-19(25)14-4-2-5-15(12-14)30(26,27)22-8-10-28-11-9-22/h2-7,12H,8-11,13H2,1H3,(H,20,23,24). The van der Waals surface area contributed by atoms with Gasteiger partial charge in [-0.15, -0.1) is 0 Å². The van der Waals surface area contributed by atoms with Crippen molar-refractivity contribution in [3.8, 4) is 0 Å². The van der Waals surface area contributed by atoms with Gasteiger partial charge in [0.15, 0.2) is 6.61 Å². The quantitative estimate of drug-likeness (QED) is 0.641. The first kappa shape index (κ1) is 21.7. The fourth-order valence-electron chi connectivity index (χ4n) is 2.86. The van der Waals surface area contributed by atoms with E-state index in [-0.39, 0.29) is 29.2 Å². The number of morpholine rings is 1. The smallest absolute Gasteiger partial charge is 0.338 e. The molecule has 3 rings (SSSR count). The maximum atomic E-state index is 12.7. The minimum atomic E-state index is -3.78. The van der Waals surface area contributed by atoms with Gasteiger partial charge in [-0.2, -0.15) is 4.31 Å². The van der Waals surface area contributed by atoms with E-state index in [2.05, 4.69) is 5.32 Å². The fourth-order valence-corrected chi connectivity index (χ4v) is 4.31. The summed E-state index contributed by atoms with van der Waals surface area (Å²) in [4.78, 5) is 36.1. The van der Waals surface area contributed by atoms with Gasteiger partial charge in [0, 0.05) is 26.3 Å². The van der Waals surface area contributed by atoms with Crippen molar-refractivity contribution in [2.45, 2.75) is 4.90 Å². The molecular formula is C19H21N3O7S. The van der Waals surface area contributed by atoms with Crippen LogP contribution in [0.4, 0.5) is 0 Å². The van der Waals surface area contributed by atoms with E-state index in [1.165, 1.54) is 39.2 Å². The molecule has 1 fully saturated rings. The van der Waals surface area contributed by atoms with Crippen LogP contribution >= 0.6 is 0 Å². The maximum absolute atomic E-state index is 12.7. The minimum Gasteiger partial charge on any atom is -0.452 e. The van der Waals surface area contributed by atoms with Gasteiger partial charge in [-0.25, -0.2) is 13.2 Å². The number of benzene rings is 1. The summed E-state index contributed by atoms with van der Waals surface area (Å²) in [5.41, 5.74) is 0.251. The first-order valence-electron chi connectivity index (χ1n) is 9.09. The zero-order valence-electron chi connectivity index (χ0n) is 16.2. The highest BCUT2D eigenvalue weighted by molar-refractivity contribution is 7.89. The third-order valence-electron chi connectivity index (χ3n) is 4.44. The monoisotopic (exact) mass is 435 g/mol. The molecule has 1 aromatic heterocycles. The van der Waals surface area contributed by atoms with Crippen LogP contribution in [0.5, 0.6) is 0 Å². The molecule has 0 aliphatic carbocycles. The lowest BCUT2D eigenvalue weighted by Crippen LogP contribution is -2.40. The number of aromatic nitrogens is 1. The van der Waals surface area contributed by atoms with E-state index in [1.807, 2.05) is 0 Å². The van der Waals surface area contributed by atoms with Gasteiger partial charge in [0.25, 0.3) is 11.8 Å². The van der Waals surface area contributed by atoms with Crippen molar-refractivity contribution < 1.29 is 32.3 Å². The third-order valence-corrected chi connectivity index (χ3v) is 6.34. The lowest BCUT2D eigenvalue weighted by Gasteiger charge is -2.26. The summed E-state index contributed by atoms with van der Waals surface area (Å²) >= 11 is 0. The first-order chi connectivity index (χ1) is 14.3. The molecule has 0 saturated carbocycles. The summed E-state index contributed by atoms with van der Waals surface area (Å²) in [7, 11) is -2.12. The normalized spacial score (nSPS) is 14.8. The molecule has 0 bridgehead atoms. The summed E-state index contributed by atoms with van der Waals surface area (Å²) in [6.07, 6.45) is 1.65. The van der Waals surface area contributed by atoms with Gasteiger partial charge in [-0.1, -0.05) is 6.07 Å². The molecule has 11 heteroatoms. The average molecular weight is 435 g/mol. The second-order valence-electron chi connectivity index (χ2n) is 6.50. The van der Waals surface area contributed by atoms with Gasteiger partial charge in [-0.05, 0) is 30.3 Å². The second-order valence-corrected chi connectivity index (χ2v) is 8.44. The number of carbonyl (C=O) groups is 3. The Balaban J connectivity index is 1.60. The zero-order chi connectivity index (χ0) is 21.7. The van der Waals surface area contributed by atoms with E-state index in [1.54, 1.807) is 19.3 Å². The van der Waals surface area contributed by atoms with Gasteiger partial charge in [0.1, 0.15) is 5.69 Å². The zero-order valence-corrected chi connectivity index (χ0v) is 17.1. The SMILES string of the molecule is Cn1cccc1C(=O)NC(=O)COC(=O)c1cccc(S(=O)(=O)N2CCOCC2)c1. The average Bonchev–Trinajstić information content (AvgIpc) is 3.18. The van der Waals surface area contributed by atoms with E-state index in [9.17, 15) is 22.8 Å². The van der Waals surface area contributed by atoms with Gasteiger partial charge in [0.05, 0.1) is 23.7 Å². The van der Waals surface area contributed by atoms with E-state index >= 15 is 0 Å². The Morgan fingerprint density at radius 2 is 1.87 bits per heavy atom. The number of sulfonamides is 1. The number of aryl methyl sites for hydroxylation is 1. The Labute approximate surface area is 173 Å². The van der Waals surface area contributed by atoms with Crippen LogP contribution in [-0.2, 0) is 31.3 Å². The van der Waals surface area contributed by atoms with Crippen LogP contribution in [0.3, 0.4) is 0 Å². The van der Waals surface area contributed by atoms with Crippen LogP contribution in [0.1, 0.15) is 20.8 Å². The van der Waals surface area contributed by atoms with Gasteiger partial charge >= 0.3 is 5.97 Å². The van der Waals surface area contributed by atoms with Crippen LogP contribution < -0.4 is 5.32 Å². The molecule has 0 spiro atoms. The van der Waals surface area contributed by atoms with E-state index in [0.717, 1.165) is 0 Å². The van der Waals surface area contributed by atoms with Crippen LogP contribution in [0, 0.1) is 0 Å². The number of carbonyl (C=O) groups excluding carboxylic acids is 3. The second kappa shape index (κ2) is 9.20. The lowest BCUT2D eigenvalue weighted by atomic mass is 10.2. The predicted octanol–water partition coefficient (Wildman–Crippen LogP) is 0.159. The Kier molecular flexibility index (Phi) is 6.65. The topological polar surface area (TPSA) is 124 Å². The van der Waals surface area contributed by atoms with E-state index < -0.39 is 34.4 Å². The summed E-state index contributed by atoms with van der Waals surface area (Å²) in [6, 6.07) is 8.57. The van der Waals surface area contributed by atoms with Crippen LogP contribution in [-0.4, -0.2) is 68.0 Å². The van der Waals surface area contributed by atoms with Crippen LogP contribution in [0.2, 0.25) is 0 Å². The summed E-state index contributed by atoms with van der Waals surface area (Å²) in [6.45, 7) is 0.378. The van der Waals surface area contributed by atoms with Gasteiger partial charge in [-0.3, -0.25) is 14.9 Å². The molecule has 0 radical (unpaired) electrons. The molecule has 0 atom stereocenters. The summed E-state index contributed by atoms with van der Waals surface area (Å²) in [5.74, 6) is -2.30. The molecule has 2 amide bonds. The van der Waals surface area contributed by atoms with Crippen LogP contribution in [0.25, 0.3) is 0 Å². The van der Waals surface area contributed by atoms with Crippen molar-refractivity contribution in [2.24, 2.45) is 7.05 Å². The molecule has 1 aromatic carbocycles. The molecular weight excluding hydrogens is 414 g/mol. The minimum absolute atomic E-state index is 0.0223. The first-order valence-corrected chi connectivity index (χ1v) is 10.5. The lowest BCUT2D eigenvalue weighted by molar-refractivity contribution is -0.123. The Bertz CT molecular complexity index is 1060. The molecule has 160 valence electrons. The molecule has 1 aliphatic heterocycles. The number of ether oxygens (including phenoxy) is 2. The van der Waals surface area contributed by atoms with Gasteiger partial charge < -0.3 is 14.0 Å². The molecule has 1 saturated heterocycles. The van der Waals surface area contributed by atoms with Crippen molar-refractivity contribution in [1.29, 1.82) is 0 Å². The highest BCUT2D eigenvalue weighted by Gasteiger charge is 2.27. The van der Waals surface area contributed by atoms with Crippen molar-refractivity contribution in [1.82, 2.24) is 14.2 Å². The summed E-state index contributed by atoms with van der Waals surface area (Å²) < 4.78 is 38.3. The van der Waals surface area contributed by atoms with Crippen molar-refractivity contribution in [3.05, 3.63) is 53.9 Å². The Hall–Kier alpha value is -3.02. The Morgan fingerprint density at radius 3 is 2.53 bits per heavy atom. The van der Waals surface area contributed by atoms with Crippen molar-refractivity contribution in [2.75, 3.05) is 32.9 Å². The molecule has 30 heavy (non-hydrogen) atoms. The summed E-state index contributed by atoms with van der Waals surface area (Å²) in [5, 5.41) is 2.12. The largest absolute Gasteiger partial charge is 0.452 e.